The molecule has 2 aromatic rings. The summed E-state index contributed by atoms with van der Waals surface area (Å²) in [5.74, 6) is 0. The van der Waals surface area contributed by atoms with E-state index in [0.717, 1.165) is 17.3 Å². The van der Waals surface area contributed by atoms with Gasteiger partial charge in [-0.2, -0.15) is 0 Å². The van der Waals surface area contributed by atoms with E-state index in [-0.39, 0.29) is 4.90 Å². The van der Waals surface area contributed by atoms with Gasteiger partial charge in [0.25, 0.3) is 15.3 Å². The SMILES string of the molecule is Cc1ccc(S(=O)(=O)NC(=O)Sc2ccccc2)cc1. The Balaban J connectivity index is 2.08. The predicted octanol–water partition coefficient (Wildman–Crippen LogP) is 3.19. The molecule has 1 amide bonds. The van der Waals surface area contributed by atoms with Crippen molar-refractivity contribution in [1.29, 1.82) is 0 Å². The summed E-state index contributed by atoms with van der Waals surface area (Å²) in [5.41, 5.74) is 0.953. The Morgan fingerprint density at radius 2 is 1.60 bits per heavy atom. The van der Waals surface area contributed by atoms with Gasteiger partial charge < -0.3 is 0 Å². The van der Waals surface area contributed by atoms with Crippen molar-refractivity contribution in [3.63, 3.8) is 0 Å². The Hall–Kier alpha value is -1.79. The molecular formula is C14H13NO3S2. The maximum absolute atomic E-state index is 12.0. The number of hydrogen-bond donors (Lipinski definition) is 1. The molecule has 0 bridgehead atoms. The lowest BCUT2D eigenvalue weighted by Crippen LogP contribution is -2.27. The summed E-state index contributed by atoms with van der Waals surface area (Å²) in [6.45, 7) is 1.86. The third-order valence-corrected chi connectivity index (χ3v) is 4.77. The molecule has 2 rings (SSSR count). The zero-order chi connectivity index (χ0) is 14.6. The van der Waals surface area contributed by atoms with Crippen LogP contribution in [0.1, 0.15) is 5.56 Å². The number of amides is 1. The summed E-state index contributed by atoms with van der Waals surface area (Å²) in [5, 5.41) is -0.628. The number of nitrogens with one attached hydrogen (secondary N) is 1. The third kappa shape index (κ3) is 3.85. The molecule has 0 saturated carbocycles. The number of benzene rings is 2. The highest BCUT2D eigenvalue weighted by Crippen LogP contribution is 2.19. The molecule has 0 radical (unpaired) electrons. The van der Waals surface area contributed by atoms with Crippen LogP contribution >= 0.6 is 11.8 Å². The summed E-state index contributed by atoms with van der Waals surface area (Å²) >= 11 is 0.839. The van der Waals surface area contributed by atoms with Crippen molar-refractivity contribution in [2.24, 2.45) is 0 Å². The highest BCUT2D eigenvalue weighted by atomic mass is 32.2. The van der Waals surface area contributed by atoms with Gasteiger partial charge in [0.2, 0.25) is 0 Å². The minimum Gasteiger partial charge on any atom is -0.260 e. The molecule has 0 fully saturated rings. The number of sulfonamides is 1. The van der Waals surface area contributed by atoms with Crippen LogP contribution in [-0.4, -0.2) is 13.7 Å². The number of rotatable bonds is 3. The van der Waals surface area contributed by atoms with E-state index in [0.29, 0.717) is 4.90 Å². The predicted molar refractivity (Wildman–Crippen MR) is 79.2 cm³/mol. The van der Waals surface area contributed by atoms with Gasteiger partial charge in [0.1, 0.15) is 0 Å². The number of hydrogen-bond acceptors (Lipinski definition) is 4. The van der Waals surface area contributed by atoms with Gasteiger partial charge in [-0.05, 0) is 43.0 Å². The van der Waals surface area contributed by atoms with Gasteiger partial charge in [-0.25, -0.2) is 13.1 Å². The fourth-order valence-electron chi connectivity index (χ4n) is 1.50. The van der Waals surface area contributed by atoms with Crippen LogP contribution in [-0.2, 0) is 10.0 Å². The highest BCUT2D eigenvalue weighted by Gasteiger charge is 2.17. The van der Waals surface area contributed by atoms with Crippen LogP contribution < -0.4 is 4.72 Å². The van der Waals surface area contributed by atoms with Crippen molar-refractivity contribution in [3.8, 4) is 0 Å². The Morgan fingerprint density at radius 3 is 2.20 bits per heavy atom. The van der Waals surface area contributed by atoms with E-state index < -0.39 is 15.3 Å². The van der Waals surface area contributed by atoms with Crippen LogP contribution in [0.3, 0.4) is 0 Å². The van der Waals surface area contributed by atoms with Gasteiger partial charge in [0, 0.05) is 4.90 Å². The van der Waals surface area contributed by atoms with E-state index in [9.17, 15) is 13.2 Å². The second-order valence-electron chi connectivity index (χ2n) is 4.12. The topological polar surface area (TPSA) is 63.2 Å². The molecule has 0 aliphatic carbocycles. The van der Waals surface area contributed by atoms with E-state index in [2.05, 4.69) is 0 Å². The van der Waals surface area contributed by atoms with E-state index in [1.807, 2.05) is 17.7 Å². The van der Waals surface area contributed by atoms with Crippen LogP contribution in [0.25, 0.3) is 0 Å². The number of aryl methyl sites for hydroxylation is 1. The average molecular weight is 307 g/mol. The quantitative estimate of drug-likeness (QED) is 0.885. The number of thioether (sulfide) groups is 1. The van der Waals surface area contributed by atoms with Crippen molar-refractivity contribution in [3.05, 3.63) is 60.2 Å². The molecule has 0 heterocycles. The van der Waals surface area contributed by atoms with Gasteiger partial charge in [-0.3, -0.25) is 4.79 Å². The van der Waals surface area contributed by atoms with E-state index in [1.54, 1.807) is 36.4 Å². The normalized spacial score (nSPS) is 11.1. The third-order valence-electron chi connectivity index (χ3n) is 2.50. The lowest BCUT2D eigenvalue weighted by Gasteiger charge is -2.06. The smallest absolute Gasteiger partial charge is 0.260 e. The molecule has 0 aliphatic rings. The van der Waals surface area contributed by atoms with Crippen molar-refractivity contribution in [2.45, 2.75) is 16.7 Å². The molecule has 20 heavy (non-hydrogen) atoms. The summed E-state index contributed by atoms with van der Waals surface area (Å²) in [4.78, 5) is 12.5. The van der Waals surface area contributed by atoms with Crippen LogP contribution in [0.2, 0.25) is 0 Å². The van der Waals surface area contributed by atoms with Crippen molar-refractivity contribution in [1.82, 2.24) is 4.72 Å². The van der Waals surface area contributed by atoms with Crippen LogP contribution in [0.5, 0.6) is 0 Å². The standard InChI is InChI=1S/C14H13NO3S2/c1-11-7-9-13(10-8-11)20(17,18)15-14(16)19-12-5-3-2-4-6-12/h2-10H,1H3,(H,15,16). The highest BCUT2D eigenvalue weighted by molar-refractivity contribution is 8.14. The number of carbonyl (C=O) groups is 1. The molecule has 6 heteroatoms. The minimum absolute atomic E-state index is 0.0742. The maximum Gasteiger partial charge on any atom is 0.297 e. The first-order valence-corrected chi connectivity index (χ1v) is 8.14. The molecule has 0 aliphatic heterocycles. The van der Waals surface area contributed by atoms with Crippen molar-refractivity contribution >= 4 is 27.0 Å². The van der Waals surface area contributed by atoms with Crippen LogP contribution in [0, 0.1) is 6.92 Å². The first-order chi connectivity index (χ1) is 9.47. The van der Waals surface area contributed by atoms with Crippen LogP contribution in [0.15, 0.2) is 64.4 Å². The van der Waals surface area contributed by atoms with Gasteiger partial charge in [-0.15, -0.1) is 0 Å². The molecule has 0 aromatic heterocycles. The largest absolute Gasteiger partial charge is 0.297 e. The zero-order valence-corrected chi connectivity index (χ0v) is 12.4. The van der Waals surface area contributed by atoms with E-state index >= 15 is 0 Å². The summed E-state index contributed by atoms with van der Waals surface area (Å²) in [6.07, 6.45) is 0. The Labute approximate surface area is 122 Å². The fraction of sp³-hybridized carbons (Fsp3) is 0.0714. The molecule has 4 nitrogen and oxygen atoms in total. The number of carbonyl (C=O) groups excluding carboxylic acids is 1. The van der Waals surface area contributed by atoms with Gasteiger partial charge in [0.05, 0.1) is 4.90 Å². The lowest BCUT2D eigenvalue weighted by molar-refractivity contribution is 0.264. The van der Waals surface area contributed by atoms with Gasteiger partial charge in [0.15, 0.2) is 0 Å². The Kier molecular flexibility index (Phi) is 4.46. The molecule has 0 atom stereocenters. The zero-order valence-electron chi connectivity index (χ0n) is 10.7. The second kappa shape index (κ2) is 6.11. The van der Waals surface area contributed by atoms with Crippen molar-refractivity contribution in [2.75, 3.05) is 0 Å². The molecular weight excluding hydrogens is 294 g/mol. The first kappa shape index (κ1) is 14.6. The van der Waals surface area contributed by atoms with Crippen LogP contribution in [0.4, 0.5) is 4.79 Å². The Morgan fingerprint density at radius 1 is 1.00 bits per heavy atom. The first-order valence-electron chi connectivity index (χ1n) is 5.84. The molecule has 2 aromatic carbocycles. The van der Waals surface area contributed by atoms with Gasteiger partial charge in [-0.1, -0.05) is 35.9 Å². The lowest BCUT2D eigenvalue weighted by atomic mass is 10.2. The minimum atomic E-state index is -3.82. The van der Waals surface area contributed by atoms with Crippen molar-refractivity contribution < 1.29 is 13.2 Å². The van der Waals surface area contributed by atoms with E-state index in [1.165, 1.54) is 12.1 Å². The maximum atomic E-state index is 12.0. The molecule has 0 unspecified atom stereocenters. The molecule has 1 N–H and O–H groups in total. The van der Waals surface area contributed by atoms with E-state index in [4.69, 9.17) is 0 Å². The summed E-state index contributed by atoms with van der Waals surface area (Å²) < 4.78 is 26.0. The monoisotopic (exact) mass is 307 g/mol. The fourth-order valence-corrected chi connectivity index (χ4v) is 3.34. The summed E-state index contributed by atoms with van der Waals surface area (Å²) in [7, 11) is -3.82. The average Bonchev–Trinajstić information content (AvgIpc) is 2.39. The summed E-state index contributed by atoms with van der Waals surface area (Å²) in [6, 6.07) is 15.2. The van der Waals surface area contributed by atoms with Gasteiger partial charge >= 0.3 is 0 Å². The Bertz CT molecular complexity index is 695. The molecule has 104 valence electrons. The molecule has 0 saturated heterocycles. The molecule has 0 spiro atoms. The second-order valence-corrected chi connectivity index (χ2v) is 6.85.